The lowest BCUT2D eigenvalue weighted by molar-refractivity contribution is -0.138. The van der Waals surface area contributed by atoms with E-state index in [2.05, 4.69) is 9.97 Å². The summed E-state index contributed by atoms with van der Waals surface area (Å²) in [4.78, 5) is 21.2. The van der Waals surface area contributed by atoms with Crippen LogP contribution in [0.3, 0.4) is 0 Å². The molecule has 1 aliphatic heterocycles. The first-order chi connectivity index (χ1) is 12.2. The molecule has 1 aromatic heterocycles. The fourth-order valence-corrected chi connectivity index (χ4v) is 2.99. The van der Waals surface area contributed by atoms with Gasteiger partial charge in [0.2, 0.25) is 5.91 Å². The van der Waals surface area contributed by atoms with Crippen molar-refractivity contribution in [2.24, 2.45) is 0 Å². The van der Waals surface area contributed by atoms with Crippen LogP contribution in [0.5, 0.6) is 5.75 Å². The third-order valence-electron chi connectivity index (χ3n) is 4.45. The van der Waals surface area contributed by atoms with Crippen LogP contribution in [0, 0.1) is 0 Å². The Labute approximate surface area is 147 Å². The smallest absolute Gasteiger partial charge is 0.246 e. The largest absolute Gasteiger partial charge is 0.491 e. The third kappa shape index (κ3) is 4.48. The Kier molecular flexibility index (Phi) is 5.50. The number of nitrogens with zero attached hydrogens (tertiary/aromatic N) is 2. The summed E-state index contributed by atoms with van der Waals surface area (Å²) in [6.45, 7) is 1.66. The summed E-state index contributed by atoms with van der Waals surface area (Å²) < 4.78 is 11.7. The van der Waals surface area contributed by atoms with Crippen LogP contribution < -0.4 is 4.74 Å². The Bertz CT molecular complexity index is 700. The van der Waals surface area contributed by atoms with Crippen molar-refractivity contribution in [2.45, 2.75) is 18.4 Å². The number of rotatable bonds is 6. The maximum absolute atomic E-state index is 12.5. The zero-order valence-electron chi connectivity index (χ0n) is 14.4. The Morgan fingerprint density at radius 3 is 2.96 bits per heavy atom. The van der Waals surface area contributed by atoms with Gasteiger partial charge in [-0.2, -0.15) is 0 Å². The van der Waals surface area contributed by atoms with E-state index in [1.165, 1.54) is 0 Å². The lowest BCUT2D eigenvalue weighted by Crippen LogP contribution is -2.54. The highest BCUT2D eigenvalue weighted by molar-refractivity contribution is 5.91. The fourth-order valence-electron chi connectivity index (χ4n) is 2.99. The number of aromatic nitrogens is 2. The second kappa shape index (κ2) is 7.98. The van der Waals surface area contributed by atoms with E-state index in [9.17, 15) is 4.79 Å². The molecule has 1 amide bonds. The molecule has 1 aliphatic rings. The highest BCUT2D eigenvalue weighted by Crippen LogP contribution is 2.26. The number of nitrogens with one attached hydrogen (secondary N) is 1. The van der Waals surface area contributed by atoms with Gasteiger partial charge in [-0.3, -0.25) is 4.79 Å². The molecule has 3 rings (SSSR count). The first kappa shape index (κ1) is 17.2. The fraction of sp³-hybridized carbons (Fsp3) is 0.368. The van der Waals surface area contributed by atoms with E-state index in [4.69, 9.17) is 9.47 Å². The second-order valence-corrected chi connectivity index (χ2v) is 6.19. The van der Waals surface area contributed by atoms with Crippen molar-refractivity contribution in [3.63, 3.8) is 0 Å². The maximum Gasteiger partial charge on any atom is 0.246 e. The predicted octanol–water partition coefficient (Wildman–Crippen LogP) is 2.51. The molecule has 1 atom stereocenters. The van der Waals surface area contributed by atoms with Gasteiger partial charge in [-0.05, 0) is 31.1 Å². The molecule has 0 spiro atoms. The molecule has 2 aromatic rings. The number of amides is 1. The van der Waals surface area contributed by atoms with Crippen LogP contribution in [0.15, 0.2) is 48.9 Å². The zero-order valence-corrected chi connectivity index (χ0v) is 14.4. The van der Waals surface area contributed by atoms with Crippen LogP contribution in [-0.4, -0.2) is 53.2 Å². The average molecular weight is 341 g/mol. The van der Waals surface area contributed by atoms with Crippen LogP contribution in [0.1, 0.15) is 18.5 Å². The van der Waals surface area contributed by atoms with Gasteiger partial charge in [0.15, 0.2) is 0 Å². The van der Waals surface area contributed by atoms with Crippen LogP contribution in [0.2, 0.25) is 0 Å². The molecule has 132 valence electrons. The molecule has 25 heavy (non-hydrogen) atoms. The molecule has 2 heterocycles. The van der Waals surface area contributed by atoms with Crippen molar-refractivity contribution in [1.29, 1.82) is 0 Å². The van der Waals surface area contributed by atoms with E-state index in [0.29, 0.717) is 13.2 Å². The van der Waals surface area contributed by atoms with E-state index in [0.717, 1.165) is 30.8 Å². The quantitative estimate of drug-likeness (QED) is 0.820. The minimum atomic E-state index is -0.481. The van der Waals surface area contributed by atoms with Gasteiger partial charge in [-0.25, -0.2) is 4.98 Å². The molecular weight excluding hydrogens is 318 g/mol. The monoisotopic (exact) mass is 341 g/mol. The number of hydrogen-bond donors (Lipinski definition) is 1. The van der Waals surface area contributed by atoms with Crippen LogP contribution in [0.4, 0.5) is 0 Å². The number of carbonyl (C=O) groups excluding carboxylic acids is 1. The van der Waals surface area contributed by atoms with Gasteiger partial charge in [0.25, 0.3) is 0 Å². The summed E-state index contributed by atoms with van der Waals surface area (Å²) in [5, 5.41) is 0. The number of piperidine rings is 1. The number of aromatic amines is 1. The van der Waals surface area contributed by atoms with Gasteiger partial charge in [-0.15, -0.1) is 0 Å². The third-order valence-corrected chi connectivity index (χ3v) is 4.45. The number of H-pyrrole nitrogens is 1. The topological polar surface area (TPSA) is 67.5 Å². The van der Waals surface area contributed by atoms with Crippen molar-refractivity contribution in [3.05, 3.63) is 54.6 Å². The zero-order chi connectivity index (χ0) is 17.5. The molecule has 1 fully saturated rings. The van der Waals surface area contributed by atoms with Crippen molar-refractivity contribution in [3.8, 4) is 5.75 Å². The number of hydrogen-bond acceptors (Lipinski definition) is 4. The van der Waals surface area contributed by atoms with Crippen molar-refractivity contribution in [1.82, 2.24) is 14.9 Å². The minimum Gasteiger partial charge on any atom is -0.491 e. The Morgan fingerprint density at radius 1 is 1.40 bits per heavy atom. The first-order valence-electron chi connectivity index (χ1n) is 8.39. The molecule has 1 N–H and O–H groups in total. The average Bonchev–Trinajstić information content (AvgIpc) is 3.19. The number of likely N-dealkylation sites (tertiary alicyclic amines) is 1. The summed E-state index contributed by atoms with van der Waals surface area (Å²) in [5.41, 5.74) is 0.321. The molecule has 0 bridgehead atoms. The van der Waals surface area contributed by atoms with Gasteiger partial charge >= 0.3 is 0 Å². The standard InChI is InChI=1S/C19H23N3O3/c1-24-19(14-25-17-6-3-2-4-7-17)10-5-11-22(13-19)18(23)9-8-16-12-20-15-21-16/h2-4,6-9,12,15H,5,10-11,13-14H2,1H3,(H,20,21)/b9-8+/t19-/m0/s1. The minimum absolute atomic E-state index is 0.0320. The van der Waals surface area contributed by atoms with Gasteiger partial charge in [-0.1, -0.05) is 18.2 Å². The molecule has 0 aliphatic carbocycles. The normalized spacial score (nSPS) is 20.8. The van der Waals surface area contributed by atoms with Crippen molar-refractivity contribution >= 4 is 12.0 Å². The highest BCUT2D eigenvalue weighted by atomic mass is 16.5. The summed E-state index contributed by atoms with van der Waals surface area (Å²) in [6.07, 6.45) is 8.31. The number of ether oxygens (including phenoxy) is 2. The summed E-state index contributed by atoms with van der Waals surface area (Å²) in [5.74, 6) is 0.775. The van der Waals surface area contributed by atoms with Gasteiger partial charge in [0.1, 0.15) is 18.0 Å². The van der Waals surface area contributed by atoms with E-state index in [1.807, 2.05) is 35.2 Å². The van der Waals surface area contributed by atoms with E-state index < -0.39 is 5.60 Å². The summed E-state index contributed by atoms with van der Waals surface area (Å²) >= 11 is 0. The number of carbonyl (C=O) groups is 1. The van der Waals surface area contributed by atoms with Crippen molar-refractivity contribution < 1.29 is 14.3 Å². The number of para-hydroxylation sites is 1. The number of imidazole rings is 1. The molecule has 1 saturated heterocycles. The lowest BCUT2D eigenvalue weighted by atomic mass is 9.93. The highest BCUT2D eigenvalue weighted by Gasteiger charge is 2.37. The van der Waals surface area contributed by atoms with Crippen molar-refractivity contribution in [2.75, 3.05) is 26.8 Å². The number of benzene rings is 1. The van der Waals surface area contributed by atoms with Crippen LogP contribution in [0.25, 0.3) is 6.08 Å². The molecule has 0 unspecified atom stereocenters. The maximum atomic E-state index is 12.5. The van der Waals surface area contributed by atoms with Gasteiger partial charge < -0.3 is 19.4 Å². The summed E-state index contributed by atoms with van der Waals surface area (Å²) in [6, 6.07) is 9.66. The van der Waals surface area contributed by atoms with Crippen LogP contribution >= 0.6 is 0 Å². The first-order valence-corrected chi connectivity index (χ1v) is 8.39. The molecule has 0 saturated carbocycles. The molecule has 6 heteroatoms. The molecule has 1 aromatic carbocycles. The second-order valence-electron chi connectivity index (χ2n) is 6.19. The van der Waals surface area contributed by atoms with E-state index in [1.54, 1.807) is 31.8 Å². The number of methoxy groups -OCH3 is 1. The Morgan fingerprint density at radius 2 is 2.24 bits per heavy atom. The summed E-state index contributed by atoms with van der Waals surface area (Å²) in [7, 11) is 1.68. The molecular formula is C19H23N3O3. The van der Waals surface area contributed by atoms with Gasteiger partial charge in [0, 0.05) is 19.7 Å². The lowest BCUT2D eigenvalue weighted by Gasteiger charge is -2.41. The molecule has 6 nitrogen and oxygen atoms in total. The van der Waals surface area contributed by atoms with E-state index in [-0.39, 0.29) is 5.91 Å². The Hall–Kier alpha value is -2.60. The molecule has 0 radical (unpaired) electrons. The SMILES string of the molecule is CO[C@@]1(COc2ccccc2)CCCN(C(=O)/C=C/c2cnc[nH]2)C1. The van der Waals surface area contributed by atoms with Gasteiger partial charge in [0.05, 0.1) is 24.8 Å². The predicted molar refractivity (Wildman–Crippen MR) is 95.1 cm³/mol. The van der Waals surface area contributed by atoms with E-state index >= 15 is 0 Å². The Balaban J connectivity index is 1.62. The van der Waals surface area contributed by atoms with Crippen LogP contribution in [-0.2, 0) is 9.53 Å².